The Hall–Kier alpha value is -4.67. The molecule has 7 aromatic rings. The molecule has 0 unspecified atom stereocenters. The summed E-state index contributed by atoms with van der Waals surface area (Å²) in [5, 5.41) is 3.67. The third-order valence-electron chi connectivity index (χ3n) is 9.98. The molecule has 0 saturated heterocycles. The molecular formula is C48H52IrN2OSi-2. The SMILES string of the molecule is [CH2-]c1cc(-c2ccc(C)cc2)c2c(oc3ccccc32)c1-c1cc(CC(C)C)cc[n+]1[CH2-].[CH2-]c1cc(C)c(C)cc1-c1ccc([Si](C)(C)C)c[n+]1[CH2-].[Ir]. The summed E-state index contributed by atoms with van der Waals surface area (Å²) in [5.74, 6) is 0.581. The average molecular weight is 893 g/mol. The molecule has 53 heavy (non-hydrogen) atoms. The maximum absolute atomic E-state index is 6.50. The number of aromatic nitrogens is 2. The van der Waals surface area contributed by atoms with Gasteiger partial charge in [0, 0.05) is 45.0 Å². The molecule has 1 radical (unpaired) electrons. The van der Waals surface area contributed by atoms with Gasteiger partial charge >= 0.3 is 0 Å². The molecule has 7 rings (SSSR count). The van der Waals surface area contributed by atoms with Crippen LogP contribution in [0.1, 0.15) is 47.2 Å². The number of nitrogens with zero attached hydrogens (tertiary/aromatic N) is 2. The van der Waals surface area contributed by atoms with Crippen molar-refractivity contribution >= 4 is 35.2 Å². The Balaban J connectivity index is 0.000000223. The van der Waals surface area contributed by atoms with E-state index in [1.165, 1.54) is 38.6 Å². The molecule has 0 aliphatic carbocycles. The number of para-hydroxylation sites is 1. The van der Waals surface area contributed by atoms with Crippen LogP contribution in [0.4, 0.5) is 0 Å². The number of rotatable bonds is 6. The molecule has 3 aromatic heterocycles. The predicted molar refractivity (Wildman–Crippen MR) is 223 cm³/mol. The fourth-order valence-electron chi connectivity index (χ4n) is 6.93. The van der Waals surface area contributed by atoms with Crippen LogP contribution in [0.3, 0.4) is 0 Å². The van der Waals surface area contributed by atoms with Gasteiger partial charge in [0.25, 0.3) is 0 Å². The monoisotopic (exact) mass is 893 g/mol. The van der Waals surface area contributed by atoms with Crippen molar-refractivity contribution in [2.45, 2.75) is 60.7 Å². The fraction of sp³-hybridized carbons (Fsp3) is 0.208. The van der Waals surface area contributed by atoms with E-state index in [1.807, 2.05) is 27.5 Å². The van der Waals surface area contributed by atoms with Gasteiger partial charge in [-0.15, -0.1) is 17.2 Å². The van der Waals surface area contributed by atoms with E-state index >= 15 is 0 Å². The van der Waals surface area contributed by atoms with Gasteiger partial charge in [0.15, 0.2) is 0 Å². The molecule has 0 fully saturated rings. The maximum Gasteiger partial charge on any atom is 0.133 e. The summed E-state index contributed by atoms with van der Waals surface area (Å²) in [6, 6.07) is 32.3. The van der Waals surface area contributed by atoms with Gasteiger partial charge in [-0.05, 0) is 37.8 Å². The second kappa shape index (κ2) is 15.7. The Morgan fingerprint density at radius 3 is 2.06 bits per heavy atom. The van der Waals surface area contributed by atoms with E-state index in [0.717, 1.165) is 62.0 Å². The summed E-state index contributed by atoms with van der Waals surface area (Å²) in [4.78, 5) is 0. The molecule has 0 N–H and O–H groups in total. The number of hydrogen-bond donors (Lipinski definition) is 0. The van der Waals surface area contributed by atoms with Crippen LogP contribution in [0.25, 0.3) is 55.6 Å². The minimum atomic E-state index is -1.30. The molecule has 275 valence electrons. The molecule has 0 saturated carbocycles. The van der Waals surface area contributed by atoms with Crippen LogP contribution in [0.2, 0.25) is 19.6 Å². The zero-order valence-electron chi connectivity index (χ0n) is 32.6. The van der Waals surface area contributed by atoms with E-state index in [2.05, 4.69) is 167 Å². The summed E-state index contributed by atoms with van der Waals surface area (Å²) in [6.07, 6.45) is 5.23. The van der Waals surface area contributed by atoms with Gasteiger partial charge in [-0.25, -0.2) is 0 Å². The fourth-order valence-corrected chi connectivity index (χ4v) is 8.06. The van der Waals surface area contributed by atoms with Gasteiger partial charge in [0.2, 0.25) is 0 Å². The van der Waals surface area contributed by atoms with Crippen LogP contribution in [0.15, 0.2) is 108 Å². The van der Waals surface area contributed by atoms with Gasteiger partial charge < -0.3 is 13.6 Å². The molecule has 0 amide bonds. The van der Waals surface area contributed by atoms with Crippen molar-refractivity contribution in [2.75, 3.05) is 0 Å². The first kappa shape index (κ1) is 39.5. The third-order valence-corrected chi connectivity index (χ3v) is 12.0. The van der Waals surface area contributed by atoms with Gasteiger partial charge in [-0.1, -0.05) is 140 Å². The summed E-state index contributed by atoms with van der Waals surface area (Å²) in [7, 11) is 7.13. The van der Waals surface area contributed by atoms with Gasteiger partial charge in [-0.3, -0.25) is 0 Å². The molecule has 3 heterocycles. The van der Waals surface area contributed by atoms with Gasteiger partial charge in [0.05, 0.1) is 37.4 Å². The van der Waals surface area contributed by atoms with Crippen molar-refractivity contribution in [3.63, 3.8) is 0 Å². The molecule has 0 spiro atoms. The maximum atomic E-state index is 6.50. The molecule has 3 nitrogen and oxygen atoms in total. The molecule has 0 bridgehead atoms. The Kier molecular flexibility index (Phi) is 11.7. The van der Waals surface area contributed by atoms with E-state index in [-0.39, 0.29) is 20.1 Å². The summed E-state index contributed by atoms with van der Waals surface area (Å²) in [5.41, 5.74) is 15.5. The minimum Gasteiger partial charge on any atom is -0.469 e. The first-order chi connectivity index (χ1) is 24.6. The topological polar surface area (TPSA) is 20.9 Å². The number of pyridine rings is 2. The van der Waals surface area contributed by atoms with E-state index in [0.29, 0.717) is 5.92 Å². The van der Waals surface area contributed by atoms with Crippen molar-refractivity contribution in [3.8, 4) is 33.6 Å². The van der Waals surface area contributed by atoms with E-state index < -0.39 is 8.07 Å². The number of hydrogen-bond acceptors (Lipinski definition) is 1. The predicted octanol–water partition coefficient (Wildman–Crippen LogP) is 11.2. The Bertz CT molecular complexity index is 2420. The Morgan fingerprint density at radius 1 is 0.717 bits per heavy atom. The quantitative estimate of drug-likeness (QED) is 0.0926. The Labute approximate surface area is 332 Å². The van der Waals surface area contributed by atoms with E-state index in [1.54, 1.807) is 0 Å². The van der Waals surface area contributed by atoms with Crippen molar-refractivity contribution in [3.05, 3.63) is 165 Å². The Morgan fingerprint density at radius 2 is 1.40 bits per heavy atom. The largest absolute Gasteiger partial charge is 0.469 e. The van der Waals surface area contributed by atoms with Crippen LogP contribution in [0, 0.1) is 54.6 Å². The van der Waals surface area contributed by atoms with E-state index in [4.69, 9.17) is 4.42 Å². The van der Waals surface area contributed by atoms with Crippen LogP contribution >= 0.6 is 0 Å². The summed E-state index contributed by atoms with van der Waals surface area (Å²) >= 11 is 0. The number of fused-ring (bicyclic) bond motifs is 3. The molecule has 0 aliphatic rings. The van der Waals surface area contributed by atoms with Crippen molar-refractivity contribution in [2.24, 2.45) is 5.92 Å². The minimum absolute atomic E-state index is 0. The second-order valence-corrected chi connectivity index (χ2v) is 20.8. The molecule has 0 aliphatic heterocycles. The molecular weight excluding hydrogens is 841 g/mol. The van der Waals surface area contributed by atoms with Crippen LogP contribution in [-0.4, -0.2) is 8.07 Å². The van der Waals surface area contributed by atoms with Crippen LogP contribution < -0.4 is 14.3 Å². The van der Waals surface area contributed by atoms with Crippen molar-refractivity contribution in [1.29, 1.82) is 0 Å². The van der Waals surface area contributed by atoms with Crippen molar-refractivity contribution < 1.29 is 33.7 Å². The van der Waals surface area contributed by atoms with Crippen LogP contribution in [0.5, 0.6) is 0 Å². The van der Waals surface area contributed by atoms with Crippen LogP contribution in [-0.2, 0) is 26.5 Å². The molecule has 5 heteroatoms. The zero-order valence-corrected chi connectivity index (χ0v) is 36.0. The summed E-state index contributed by atoms with van der Waals surface area (Å²) in [6.45, 7) is 26.5. The number of furan rings is 1. The first-order valence-electron chi connectivity index (χ1n) is 18.2. The molecule has 0 atom stereocenters. The van der Waals surface area contributed by atoms with Crippen molar-refractivity contribution in [1.82, 2.24) is 0 Å². The zero-order chi connectivity index (χ0) is 37.5. The summed E-state index contributed by atoms with van der Waals surface area (Å²) < 4.78 is 10.4. The third kappa shape index (κ3) is 8.29. The standard InChI is InChI=1S/C30H28NO.C18H24NSi.Ir/c1-19(2)16-22-14-15-31(5)26(18-22)28-21(4)17-25(23-12-10-20(3)11-13-23)29-24-8-6-7-9-27(24)32-30(28)29;1-13-10-15(3)17(11-14(13)2)18-9-8-16(12-19(18)4)20(5,6)7;/h6-15,17-19H,4-5,16H2,1-3H3;8-12H,3-4H2,1-2,5-7H3;/q2*-1;. The van der Waals surface area contributed by atoms with Gasteiger partial charge in [0.1, 0.15) is 5.58 Å². The second-order valence-electron chi connectivity index (χ2n) is 15.7. The average Bonchev–Trinajstić information content (AvgIpc) is 3.47. The number of aryl methyl sites for hydroxylation is 3. The first-order valence-corrected chi connectivity index (χ1v) is 21.7. The smallest absolute Gasteiger partial charge is 0.133 e. The van der Waals surface area contributed by atoms with E-state index in [9.17, 15) is 0 Å². The normalized spacial score (nSPS) is 11.4. The van der Waals surface area contributed by atoms with Gasteiger partial charge in [-0.2, -0.15) is 37.1 Å². The number of benzene rings is 4. The molecule has 4 aromatic carbocycles.